The van der Waals surface area contributed by atoms with Crippen molar-refractivity contribution in [2.24, 2.45) is 0 Å². The minimum absolute atomic E-state index is 0.00989. The third-order valence-electron chi connectivity index (χ3n) is 4.50. The summed E-state index contributed by atoms with van der Waals surface area (Å²) in [7, 11) is 1.61. The number of aromatic hydroxyl groups is 1. The van der Waals surface area contributed by atoms with E-state index in [2.05, 4.69) is 15.3 Å². The summed E-state index contributed by atoms with van der Waals surface area (Å²) >= 11 is 5.98. The fourth-order valence-corrected chi connectivity index (χ4v) is 2.87. The highest BCUT2D eigenvalue weighted by Gasteiger charge is 2.17. The molecule has 1 aromatic heterocycles. The molecule has 1 amide bonds. The first-order chi connectivity index (χ1) is 13.9. The first-order valence-corrected chi connectivity index (χ1v) is 9.27. The van der Waals surface area contributed by atoms with Gasteiger partial charge in [0.2, 0.25) is 5.91 Å². The fraction of sp³-hybridized carbons (Fsp3) is 0.250. The number of carbonyl (C=O) groups is 1. The fourth-order valence-electron chi connectivity index (χ4n) is 2.69. The van der Waals surface area contributed by atoms with Crippen molar-refractivity contribution in [3.63, 3.8) is 0 Å². The van der Waals surface area contributed by atoms with E-state index < -0.39 is 6.61 Å². The molecule has 1 heterocycles. The van der Waals surface area contributed by atoms with Crippen molar-refractivity contribution >= 4 is 39.9 Å². The van der Waals surface area contributed by atoms with Gasteiger partial charge in [0.15, 0.2) is 0 Å². The van der Waals surface area contributed by atoms with E-state index >= 15 is 0 Å². The lowest BCUT2D eigenvalue weighted by Gasteiger charge is -2.24. The van der Waals surface area contributed by atoms with Gasteiger partial charge >= 0.3 is 0 Å². The number of fused-ring (bicyclic) bond motifs is 1. The molecule has 9 heteroatoms. The number of anilines is 2. The Morgan fingerprint density at radius 2 is 2.10 bits per heavy atom. The van der Waals surface area contributed by atoms with Crippen molar-refractivity contribution in [2.75, 3.05) is 25.6 Å². The van der Waals surface area contributed by atoms with Gasteiger partial charge in [-0.25, -0.2) is 9.97 Å². The molecule has 0 bridgehead atoms. The van der Waals surface area contributed by atoms with E-state index in [9.17, 15) is 9.90 Å². The Morgan fingerprint density at radius 1 is 1.31 bits per heavy atom. The average molecular weight is 417 g/mol. The maximum Gasteiger partial charge on any atom is 0.248 e. The van der Waals surface area contributed by atoms with Gasteiger partial charge in [-0.2, -0.15) is 0 Å². The first-order valence-electron chi connectivity index (χ1n) is 8.89. The number of likely N-dealkylation sites (N-methyl/N-ethyl adjacent to an activating group) is 1. The Bertz CT molecular complexity index is 1030. The molecule has 0 aliphatic carbocycles. The third-order valence-corrected chi connectivity index (χ3v) is 4.81. The number of aliphatic hydroxyl groups is 1. The molecule has 152 valence electrons. The molecule has 3 aromatic rings. The summed E-state index contributed by atoms with van der Waals surface area (Å²) in [6.45, 7) is 1.50. The topological polar surface area (TPSA) is 108 Å². The Balaban J connectivity index is 1.88. The van der Waals surface area contributed by atoms with E-state index in [1.54, 1.807) is 25.2 Å². The molecule has 0 saturated carbocycles. The molecule has 2 aromatic carbocycles. The zero-order valence-corrected chi connectivity index (χ0v) is 16.7. The molecular weight excluding hydrogens is 396 g/mol. The number of phenols is 1. The summed E-state index contributed by atoms with van der Waals surface area (Å²) in [6.07, 6.45) is 1.44. The number of amides is 1. The summed E-state index contributed by atoms with van der Waals surface area (Å²) < 4.78 is 5.96. The Hall–Kier alpha value is -3.10. The second-order valence-electron chi connectivity index (χ2n) is 6.49. The van der Waals surface area contributed by atoms with Crippen molar-refractivity contribution in [1.82, 2.24) is 14.9 Å². The molecule has 29 heavy (non-hydrogen) atoms. The quantitative estimate of drug-likeness (QED) is 0.508. The van der Waals surface area contributed by atoms with Crippen LogP contribution in [0.5, 0.6) is 11.5 Å². The zero-order valence-electron chi connectivity index (χ0n) is 16.0. The smallest absolute Gasteiger partial charge is 0.248 e. The van der Waals surface area contributed by atoms with E-state index in [1.165, 1.54) is 17.3 Å². The van der Waals surface area contributed by atoms with E-state index in [1.807, 2.05) is 19.1 Å². The Kier molecular flexibility index (Phi) is 6.36. The lowest BCUT2D eigenvalue weighted by atomic mass is 10.2. The Labute approximate surface area is 172 Å². The molecule has 0 fully saturated rings. The maximum absolute atomic E-state index is 11.6. The lowest BCUT2D eigenvalue weighted by molar-refractivity contribution is -0.135. The molecular formula is C20H21ClN4O4. The number of halogens is 1. The summed E-state index contributed by atoms with van der Waals surface area (Å²) in [6, 6.07) is 9.95. The number of carbonyl (C=O) groups excluding carboxylic acids is 1. The van der Waals surface area contributed by atoms with Gasteiger partial charge < -0.3 is 25.2 Å². The minimum Gasteiger partial charge on any atom is -0.506 e. The van der Waals surface area contributed by atoms with Crippen LogP contribution in [0.2, 0.25) is 5.02 Å². The molecule has 3 rings (SSSR count). The van der Waals surface area contributed by atoms with Crippen molar-refractivity contribution in [1.29, 1.82) is 0 Å². The normalized spacial score (nSPS) is 11.9. The van der Waals surface area contributed by atoms with Crippen LogP contribution in [0, 0.1) is 0 Å². The van der Waals surface area contributed by atoms with Crippen molar-refractivity contribution < 1.29 is 19.7 Å². The maximum atomic E-state index is 11.6. The van der Waals surface area contributed by atoms with Crippen LogP contribution in [-0.4, -0.2) is 57.3 Å². The van der Waals surface area contributed by atoms with Gasteiger partial charge in [0, 0.05) is 12.7 Å². The third kappa shape index (κ3) is 4.67. The second-order valence-corrected chi connectivity index (χ2v) is 6.89. The number of nitrogens with one attached hydrogen (secondary N) is 1. The van der Waals surface area contributed by atoms with Crippen molar-refractivity contribution in [3.05, 3.63) is 47.7 Å². The predicted molar refractivity (Wildman–Crippen MR) is 111 cm³/mol. The van der Waals surface area contributed by atoms with Crippen LogP contribution in [0.1, 0.15) is 6.92 Å². The zero-order chi connectivity index (χ0) is 21.0. The number of aromatic nitrogens is 2. The van der Waals surface area contributed by atoms with Crippen molar-refractivity contribution in [2.45, 2.75) is 13.0 Å². The summed E-state index contributed by atoms with van der Waals surface area (Å²) in [4.78, 5) is 21.7. The molecule has 3 N–H and O–H groups in total. The summed E-state index contributed by atoms with van der Waals surface area (Å²) in [5.74, 6) is 0.671. The van der Waals surface area contributed by atoms with Crippen molar-refractivity contribution in [3.8, 4) is 11.5 Å². The van der Waals surface area contributed by atoms with Crippen LogP contribution in [0.25, 0.3) is 10.9 Å². The molecule has 0 aliphatic heterocycles. The van der Waals surface area contributed by atoms with E-state index in [0.29, 0.717) is 28.2 Å². The molecule has 0 aliphatic rings. The van der Waals surface area contributed by atoms with Crippen LogP contribution in [0.15, 0.2) is 42.7 Å². The monoisotopic (exact) mass is 416 g/mol. The van der Waals surface area contributed by atoms with E-state index in [0.717, 1.165) is 0 Å². The van der Waals surface area contributed by atoms with Gasteiger partial charge in [-0.15, -0.1) is 0 Å². The number of benzene rings is 2. The number of rotatable bonds is 7. The number of aliphatic hydroxyl groups excluding tert-OH is 1. The van der Waals surface area contributed by atoms with Gasteiger partial charge in [0.25, 0.3) is 0 Å². The van der Waals surface area contributed by atoms with E-state index in [-0.39, 0.29) is 29.3 Å². The Morgan fingerprint density at radius 3 is 2.83 bits per heavy atom. The minimum atomic E-state index is -0.549. The van der Waals surface area contributed by atoms with Gasteiger partial charge in [0.1, 0.15) is 36.9 Å². The average Bonchev–Trinajstić information content (AvgIpc) is 2.73. The lowest BCUT2D eigenvalue weighted by Crippen LogP contribution is -2.40. The highest BCUT2D eigenvalue weighted by molar-refractivity contribution is 6.32. The molecule has 0 spiro atoms. The predicted octanol–water partition coefficient (Wildman–Crippen LogP) is 2.95. The van der Waals surface area contributed by atoms with Crippen LogP contribution >= 0.6 is 11.6 Å². The number of ether oxygens (including phenoxy) is 1. The van der Waals surface area contributed by atoms with Crippen LogP contribution in [0.3, 0.4) is 0 Å². The SMILES string of the molecule is C[C@H](COc1cccc2ncnc(Nc3ccc(O)c(Cl)c3)c12)N(C)C(=O)CO. The second kappa shape index (κ2) is 8.93. The number of hydrogen-bond donors (Lipinski definition) is 3. The van der Waals surface area contributed by atoms with Gasteiger partial charge in [0.05, 0.1) is 22.0 Å². The summed E-state index contributed by atoms with van der Waals surface area (Å²) in [5, 5.41) is 22.7. The number of nitrogens with zero attached hydrogens (tertiary/aromatic N) is 3. The molecule has 0 radical (unpaired) electrons. The largest absolute Gasteiger partial charge is 0.506 e. The van der Waals surface area contributed by atoms with Gasteiger partial charge in [-0.05, 0) is 37.3 Å². The molecule has 0 unspecified atom stereocenters. The number of phenolic OH excluding ortho intramolecular Hbond substituents is 1. The molecule has 8 nitrogen and oxygen atoms in total. The van der Waals surface area contributed by atoms with Crippen LogP contribution in [0.4, 0.5) is 11.5 Å². The molecule has 1 atom stereocenters. The highest BCUT2D eigenvalue weighted by Crippen LogP contribution is 2.33. The standard InChI is InChI=1S/C20H21ClN4O4/c1-12(25(2)18(28)9-26)10-29-17-5-3-4-15-19(17)20(23-11-22-15)24-13-6-7-16(27)14(21)8-13/h3-8,11-12,26-27H,9-10H2,1-2H3,(H,22,23,24)/t12-/m1/s1. The molecule has 0 saturated heterocycles. The highest BCUT2D eigenvalue weighted by atomic mass is 35.5. The van der Waals surface area contributed by atoms with Crippen LogP contribution in [-0.2, 0) is 4.79 Å². The first kappa shape index (κ1) is 20.6. The van der Waals surface area contributed by atoms with Gasteiger partial charge in [-0.3, -0.25) is 4.79 Å². The summed E-state index contributed by atoms with van der Waals surface area (Å²) in [5.41, 5.74) is 1.32. The number of hydrogen-bond acceptors (Lipinski definition) is 7. The van der Waals surface area contributed by atoms with E-state index in [4.69, 9.17) is 21.4 Å². The van der Waals surface area contributed by atoms with Gasteiger partial charge in [-0.1, -0.05) is 17.7 Å². The van der Waals surface area contributed by atoms with Crippen LogP contribution < -0.4 is 10.1 Å².